The number of aryl methyl sites for hydroxylation is 1. The fraction of sp³-hybridized carbons (Fsp3) is 0.438. The third-order valence-electron chi connectivity index (χ3n) is 3.13. The van der Waals surface area contributed by atoms with E-state index in [9.17, 15) is 0 Å². The minimum atomic E-state index is 0.952. The first kappa shape index (κ1) is 14.2. The molecule has 0 radical (unpaired) electrons. The summed E-state index contributed by atoms with van der Waals surface area (Å²) in [5.74, 6) is 0. The summed E-state index contributed by atoms with van der Waals surface area (Å²) in [5, 5.41) is 4.66. The van der Waals surface area contributed by atoms with Crippen molar-refractivity contribution in [2.75, 3.05) is 6.54 Å². The highest BCUT2D eigenvalue weighted by Gasteiger charge is 2.10. The third-order valence-corrected chi connectivity index (χ3v) is 4.27. The van der Waals surface area contributed by atoms with Gasteiger partial charge in [0.2, 0.25) is 0 Å². The highest BCUT2D eigenvalue weighted by Crippen LogP contribution is 2.28. The molecule has 1 N–H and O–H groups in total. The lowest BCUT2D eigenvalue weighted by atomic mass is 10.2. The van der Waals surface area contributed by atoms with E-state index in [1.54, 1.807) is 0 Å². The second-order valence-corrected chi connectivity index (χ2v) is 5.72. The summed E-state index contributed by atoms with van der Waals surface area (Å²) in [5.41, 5.74) is 2.47. The van der Waals surface area contributed by atoms with E-state index in [4.69, 9.17) is 4.98 Å². The summed E-state index contributed by atoms with van der Waals surface area (Å²) in [6, 6.07) is 10.5. The van der Waals surface area contributed by atoms with Crippen LogP contribution in [0.5, 0.6) is 0 Å². The fourth-order valence-corrected chi connectivity index (χ4v) is 3.13. The van der Waals surface area contributed by atoms with Crippen LogP contribution in [-0.2, 0) is 13.0 Å². The van der Waals surface area contributed by atoms with E-state index in [0.29, 0.717) is 0 Å². The Morgan fingerprint density at radius 2 is 1.95 bits per heavy atom. The number of hydrogen-bond acceptors (Lipinski definition) is 3. The van der Waals surface area contributed by atoms with Crippen LogP contribution in [-0.4, -0.2) is 11.5 Å². The van der Waals surface area contributed by atoms with Gasteiger partial charge in [-0.15, -0.1) is 11.3 Å². The number of rotatable bonds is 7. The quantitative estimate of drug-likeness (QED) is 0.763. The highest BCUT2D eigenvalue weighted by molar-refractivity contribution is 7.15. The Balaban J connectivity index is 2.09. The van der Waals surface area contributed by atoms with E-state index < -0.39 is 0 Å². The Hall–Kier alpha value is -1.19. The second-order valence-electron chi connectivity index (χ2n) is 4.64. The summed E-state index contributed by atoms with van der Waals surface area (Å²) in [6.45, 7) is 6.45. The molecule has 0 saturated heterocycles. The molecule has 1 heterocycles. The number of nitrogens with one attached hydrogen (secondary N) is 1. The van der Waals surface area contributed by atoms with Gasteiger partial charge in [0, 0.05) is 17.0 Å². The molecule has 0 unspecified atom stereocenters. The SMILES string of the molecule is CCCCNCc1sc(-c2ccccc2)nc1CC. The molecule has 0 aliphatic rings. The molecule has 1 aromatic heterocycles. The molecule has 102 valence electrons. The van der Waals surface area contributed by atoms with Crippen molar-refractivity contribution >= 4 is 11.3 Å². The van der Waals surface area contributed by atoms with Crippen LogP contribution in [0.2, 0.25) is 0 Å². The van der Waals surface area contributed by atoms with E-state index in [0.717, 1.165) is 24.5 Å². The first-order valence-corrected chi connectivity index (χ1v) is 7.91. The largest absolute Gasteiger partial charge is 0.312 e. The van der Waals surface area contributed by atoms with Crippen LogP contribution >= 0.6 is 11.3 Å². The topological polar surface area (TPSA) is 24.9 Å². The van der Waals surface area contributed by atoms with Crippen molar-refractivity contribution in [3.05, 3.63) is 40.9 Å². The first-order chi connectivity index (χ1) is 9.35. The normalized spacial score (nSPS) is 10.8. The van der Waals surface area contributed by atoms with Gasteiger partial charge in [-0.3, -0.25) is 0 Å². The van der Waals surface area contributed by atoms with E-state index in [-0.39, 0.29) is 0 Å². The Morgan fingerprint density at radius 3 is 2.63 bits per heavy atom. The van der Waals surface area contributed by atoms with Gasteiger partial charge in [-0.25, -0.2) is 4.98 Å². The minimum absolute atomic E-state index is 0.952. The van der Waals surface area contributed by atoms with Gasteiger partial charge in [-0.1, -0.05) is 50.6 Å². The van der Waals surface area contributed by atoms with Crippen molar-refractivity contribution in [1.29, 1.82) is 0 Å². The number of hydrogen-bond donors (Lipinski definition) is 1. The Bertz CT molecular complexity index is 491. The maximum absolute atomic E-state index is 4.78. The van der Waals surface area contributed by atoms with Crippen molar-refractivity contribution in [2.24, 2.45) is 0 Å². The summed E-state index contributed by atoms with van der Waals surface area (Å²) in [4.78, 5) is 6.16. The Morgan fingerprint density at radius 1 is 1.16 bits per heavy atom. The molecular weight excluding hydrogens is 252 g/mol. The lowest BCUT2D eigenvalue weighted by Crippen LogP contribution is -2.14. The molecule has 0 fully saturated rings. The molecule has 2 nitrogen and oxygen atoms in total. The molecule has 0 bridgehead atoms. The van der Waals surface area contributed by atoms with Crippen molar-refractivity contribution in [1.82, 2.24) is 10.3 Å². The predicted octanol–water partition coefficient (Wildman–Crippen LogP) is 4.26. The van der Waals surface area contributed by atoms with Crippen molar-refractivity contribution in [3.63, 3.8) is 0 Å². The van der Waals surface area contributed by atoms with Crippen LogP contribution in [0, 0.1) is 0 Å². The lowest BCUT2D eigenvalue weighted by molar-refractivity contribution is 0.642. The lowest BCUT2D eigenvalue weighted by Gasteiger charge is -2.02. The molecule has 0 atom stereocenters. The number of benzene rings is 1. The van der Waals surface area contributed by atoms with Crippen molar-refractivity contribution < 1.29 is 0 Å². The van der Waals surface area contributed by atoms with Gasteiger partial charge in [-0.2, -0.15) is 0 Å². The van der Waals surface area contributed by atoms with Crippen LogP contribution in [0.25, 0.3) is 10.6 Å². The molecule has 0 saturated carbocycles. The van der Waals surface area contributed by atoms with Crippen LogP contribution in [0.4, 0.5) is 0 Å². The molecule has 0 spiro atoms. The van der Waals surface area contributed by atoms with E-state index >= 15 is 0 Å². The molecule has 2 rings (SSSR count). The summed E-state index contributed by atoms with van der Waals surface area (Å²) in [7, 11) is 0. The number of nitrogens with zero attached hydrogens (tertiary/aromatic N) is 1. The summed E-state index contributed by atoms with van der Waals surface area (Å²) < 4.78 is 0. The maximum Gasteiger partial charge on any atom is 0.123 e. The molecule has 0 amide bonds. The Kier molecular flexibility index (Phi) is 5.55. The third kappa shape index (κ3) is 3.88. The van der Waals surface area contributed by atoms with Crippen LogP contribution in [0.3, 0.4) is 0 Å². The van der Waals surface area contributed by atoms with E-state index in [2.05, 4.69) is 43.4 Å². The summed E-state index contributed by atoms with van der Waals surface area (Å²) >= 11 is 1.82. The average molecular weight is 274 g/mol. The second kappa shape index (κ2) is 7.41. The monoisotopic (exact) mass is 274 g/mol. The van der Waals surface area contributed by atoms with Gasteiger partial charge in [-0.05, 0) is 19.4 Å². The van der Waals surface area contributed by atoms with E-state index in [1.807, 2.05) is 17.4 Å². The molecule has 2 aromatic rings. The van der Waals surface area contributed by atoms with Gasteiger partial charge in [0.25, 0.3) is 0 Å². The predicted molar refractivity (Wildman–Crippen MR) is 83.5 cm³/mol. The highest BCUT2D eigenvalue weighted by atomic mass is 32.1. The van der Waals surface area contributed by atoms with Gasteiger partial charge in [0.15, 0.2) is 0 Å². The van der Waals surface area contributed by atoms with Crippen molar-refractivity contribution in [3.8, 4) is 10.6 Å². The minimum Gasteiger partial charge on any atom is -0.312 e. The average Bonchev–Trinajstić information content (AvgIpc) is 2.88. The zero-order valence-electron chi connectivity index (χ0n) is 11.8. The van der Waals surface area contributed by atoms with Crippen LogP contribution < -0.4 is 5.32 Å². The fourth-order valence-electron chi connectivity index (χ4n) is 2.01. The maximum atomic E-state index is 4.78. The molecule has 1 aromatic carbocycles. The van der Waals surface area contributed by atoms with Crippen LogP contribution in [0.15, 0.2) is 30.3 Å². The molecule has 19 heavy (non-hydrogen) atoms. The zero-order valence-corrected chi connectivity index (χ0v) is 12.6. The van der Waals surface area contributed by atoms with Gasteiger partial charge in [0.1, 0.15) is 5.01 Å². The smallest absolute Gasteiger partial charge is 0.123 e. The van der Waals surface area contributed by atoms with Gasteiger partial charge >= 0.3 is 0 Å². The van der Waals surface area contributed by atoms with E-state index in [1.165, 1.54) is 29.0 Å². The number of thiazole rings is 1. The number of unbranched alkanes of at least 4 members (excludes halogenated alkanes) is 1. The molecule has 0 aliphatic heterocycles. The zero-order chi connectivity index (χ0) is 13.5. The first-order valence-electron chi connectivity index (χ1n) is 7.09. The number of aromatic nitrogens is 1. The molecule has 3 heteroatoms. The van der Waals surface area contributed by atoms with Crippen LogP contribution in [0.1, 0.15) is 37.3 Å². The molecular formula is C16H22N2S. The van der Waals surface area contributed by atoms with Gasteiger partial charge in [0.05, 0.1) is 5.69 Å². The summed E-state index contributed by atoms with van der Waals surface area (Å²) in [6.07, 6.45) is 3.49. The van der Waals surface area contributed by atoms with Crippen molar-refractivity contribution in [2.45, 2.75) is 39.7 Å². The Labute approximate surface area is 119 Å². The molecule has 0 aliphatic carbocycles. The standard InChI is InChI=1S/C16H22N2S/c1-3-5-11-17-12-15-14(4-2)18-16(19-15)13-9-7-6-8-10-13/h6-10,17H,3-5,11-12H2,1-2H3. The van der Waals surface area contributed by atoms with Gasteiger partial charge < -0.3 is 5.32 Å².